The predicted octanol–water partition coefficient (Wildman–Crippen LogP) is 5.20. The second kappa shape index (κ2) is 10.1. The molecule has 21 heavy (non-hydrogen) atoms. The monoisotopic (exact) mass is 314 g/mol. The third kappa shape index (κ3) is 5.76. The molecule has 2 nitrogen and oxygen atoms in total. The van der Waals surface area contributed by atoms with Crippen molar-refractivity contribution >= 4 is 11.8 Å². The van der Waals surface area contributed by atoms with Crippen molar-refractivity contribution in [3.05, 3.63) is 0 Å². The van der Waals surface area contributed by atoms with E-state index in [1.165, 1.54) is 64.2 Å². The lowest BCUT2D eigenvalue weighted by atomic mass is 10.1. The van der Waals surface area contributed by atoms with E-state index in [9.17, 15) is 0 Å². The fraction of sp³-hybridized carbons (Fsp3) is 1.00. The van der Waals surface area contributed by atoms with E-state index >= 15 is 0 Å². The Bertz CT molecular complexity index is 246. The summed E-state index contributed by atoms with van der Waals surface area (Å²) >= 11 is 2.21. The summed E-state index contributed by atoms with van der Waals surface area (Å²) < 4.78 is 12.2. The van der Waals surface area contributed by atoms with Gasteiger partial charge in [-0.1, -0.05) is 38.5 Å². The molecule has 124 valence electrons. The minimum Gasteiger partial charge on any atom is -0.377 e. The summed E-state index contributed by atoms with van der Waals surface area (Å²) in [6.07, 6.45) is 14.4. The Labute approximate surface area is 135 Å². The van der Waals surface area contributed by atoms with E-state index in [-0.39, 0.29) is 0 Å². The summed E-state index contributed by atoms with van der Waals surface area (Å²) in [5.41, 5.74) is 0. The van der Waals surface area contributed by atoms with E-state index in [0.717, 1.165) is 13.2 Å². The van der Waals surface area contributed by atoms with Crippen molar-refractivity contribution in [3.8, 4) is 0 Å². The molecular weight excluding hydrogens is 280 g/mol. The summed E-state index contributed by atoms with van der Waals surface area (Å²) in [6, 6.07) is 0. The first-order valence-electron chi connectivity index (χ1n) is 9.23. The van der Waals surface area contributed by atoms with Crippen LogP contribution in [-0.4, -0.2) is 35.9 Å². The summed E-state index contributed by atoms with van der Waals surface area (Å²) in [6.45, 7) is 6.01. The quantitative estimate of drug-likeness (QED) is 0.628. The van der Waals surface area contributed by atoms with Crippen LogP contribution in [0.5, 0.6) is 0 Å². The molecule has 0 aromatic rings. The van der Waals surface area contributed by atoms with Gasteiger partial charge >= 0.3 is 0 Å². The molecule has 0 aromatic heterocycles. The van der Waals surface area contributed by atoms with Crippen molar-refractivity contribution in [1.29, 1.82) is 0 Å². The molecular formula is C18H34O2S. The fourth-order valence-corrected chi connectivity index (χ4v) is 5.66. The van der Waals surface area contributed by atoms with Gasteiger partial charge in [0.2, 0.25) is 0 Å². The summed E-state index contributed by atoms with van der Waals surface area (Å²) in [5.74, 6) is 0. The first-order chi connectivity index (χ1) is 10.3. The smallest absolute Gasteiger partial charge is 0.0693 e. The molecule has 0 bridgehead atoms. The van der Waals surface area contributed by atoms with E-state index in [0.29, 0.717) is 22.7 Å². The second-order valence-electron chi connectivity index (χ2n) is 6.48. The highest BCUT2D eigenvalue weighted by molar-refractivity contribution is 8.00. The van der Waals surface area contributed by atoms with Gasteiger partial charge in [0, 0.05) is 23.7 Å². The second-order valence-corrected chi connectivity index (χ2v) is 7.96. The van der Waals surface area contributed by atoms with Crippen molar-refractivity contribution < 1.29 is 9.47 Å². The zero-order chi connectivity index (χ0) is 14.9. The molecule has 4 unspecified atom stereocenters. The summed E-state index contributed by atoms with van der Waals surface area (Å²) in [4.78, 5) is 0. The molecule has 0 radical (unpaired) electrons. The van der Waals surface area contributed by atoms with Crippen LogP contribution in [0.25, 0.3) is 0 Å². The Balaban J connectivity index is 1.96. The maximum atomic E-state index is 6.08. The molecule has 2 fully saturated rings. The molecule has 0 spiro atoms. The Morgan fingerprint density at radius 3 is 1.52 bits per heavy atom. The molecule has 2 rings (SSSR count). The number of rotatable bonds is 6. The maximum absolute atomic E-state index is 6.08. The average molecular weight is 315 g/mol. The Hall–Kier alpha value is 0.270. The molecule has 0 N–H and O–H groups in total. The zero-order valence-electron chi connectivity index (χ0n) is 14.0. The third-order valence-corrected chi connectivity index (χ3v) is 6.67. The van der Waals surface area contributed by atoms with Gasteiger partial charge in [-0.15, -0.1) is 11.8 Å². The van der Waals surface area contributed by atoms with Gasteiger partial charge in [-0.3, -0.25) is 0 Å². The van der Waals surface area contributed by atoms with Gasteiger partial charge in [-0.05, 0) is 39.5 Å². The zero-order valence-corrected chi connectivity index (χ0v) is 14.8. The van der Waals surface area contributed by atoms with Crippen LogP contribution in [0.3, 0.4) is 0 Å². The Morgan fingerprint density at radius 1 is 0.667 bits per heavy atom. The highest BCUT2D eigenvalue weighted by Gasteiger charge is 2.32. The first kappa shape index (κ1) is 17.6. The molecule has 3 heteroatoms. The van der Waals surface area contributed by atoms with Gasteiger partial charge in [-0.25, -0.2) is 0 Å². The van der Waals surface area contributed by atoms with Crippen LogP contribution in [0.1, 0.15) is 78.1 Å². The van der Waals surface area contributed by atoms with Crippen molar-refractivity contribution in [1.82, 2.24) is 0 Å². The third-order valence-electron chi connectivity index (χ3n) is 4.89. The Morgan fingerprint density at radius 2 is 1.10 bits per heavy atom. The van der Waals surface area contributed by atoms with Gasteiger partial charge in [0.1, 0.15) is 0 Å². The van der Waals surface area contributed by atoms with E-state index in [1.807, 2.05) is 0 Å². The molecule has 0 aliphatic heterocycles. The molecule has 0 saturated heterocycles. The summed E-state index contributed by atoms with van der Waals surface area (Å²) in [7, 11) is 0. The minimum atomic E-state index is 0.480. The van der Waals surface area contributed by atoms with Gasteiger partial charge in [-0.2, -0.15) is 0 Å². The minimum absolute atomic E-state index is 0.480. The van der Waals surface area contributed by atoms with E-state index in [2.05, 4.69) is 25.6 Å². The topological polar surface area (TPSA) is 18.5 Å². The normalized spacial score (nSPS) is 35.1. The molecule has 4 atom stereocenters. The fourth-order valence-electron chi connectivity index (χ4n) is 3.82. The van der Waals surface area contributed by atoms with Crippen molar-refractivity contribution in [2.24, 2.45) is 0 Å². The lowest BCUT2D eigenvalue weighted by molar-refractivity contribution is 0.0507. The van der Waals surface area contributed by atoms with Crippen LogP contribution in [0, 0.1) is 0 Å². The van der Waals surface area contributed by atoms with E-state index in [1.54, 1.807) is 0 Å². The van der Waals surface area contributed by atoms with Crippen molar-refractivity contribution in [2.75, 3.05) is 13.2 Å². The SMILES string of the molecule is CCOC1CCCCCC1SC1CCCCCC1OCC. The van der Waals surface area contributed by atoms with Crippen LogP contribution in [0.15, 0.2) is 0 Å². The standard InChI is InChI=1S/C18H34O2S/c1-3-19-15-11-7-5-9-13-17(15)21-18-14-10-6-8-12-16(18)20-4-2/h15-18H,3-14H2,1-2H3. The largest absolute Gasteiger partial charge is 0.377 e. The average Bonchev–Trinajstić information content (AvgIpc) is 2.83. The predicted molar refractivity (Wildman–Crippen MR) is 92.2 cm³/mol. The molecule has 2 aliphatic carbocycles. The van der Waals surface area contributed by atoms with E-state index < -0.39 is 0 Å². The number of thioether (sulfide) groups is 1. The van der Waals surface area contributed by atoms with Gasteiger partial charge in [0.15, 0.2) is 0 Å². The van der Waals surface area contributed by atoms with Crippen molar-refractivity contribution in [3.63, 3.8) is 0 Å². The Kier molecular flexibility index (Phi) is 8.49. The number of ether oxygens (including phenoxy) is 2. The highest BCUT2D eigenvalue weighted by Crippen LogP contribution is 2.38. The van der Waals surface area contributed by atoms with Gasteiger partial charge in [0.25, 0.3) is 0 Å². The highest BCUT2D eigenvalue weighted by atomic mass is 32.2. The molecule has 2 aliphatic rings. The van der Waals surface area contributed by atoms with E-state index in [4.69, 9.17) is 9.47 Å². The van der Waals surface area contributed by atoms with Gasteiger partial charge in [0.05, 0.1) is 12.2 Å². The van der Waals surface area contributed by atoms with Crippen LogP contribution >= 0.6 is 11.8 Å². The summed E-state index contributed by atoms with van der Waals surface area (Å²) in [5, 5.41) is 1.39. The lowest BCUT2D eigenvalue weighted by Crippen LogP contribution is -2.32. The molecule has 2 saturated carbocycles. The first-order valence-corrected chi connectivity index (χ1v) is 10.2. The maximum Gasteiger partial charge on any atom is 0.0693 e. The van der Waals surface area contributed by atoms with Crippen molar-refractivity contribution in [2.45, 2.75) is 101 Å². The van der Waals surface area contributed by atoms with Crippen LogP contribution in [0.4, 0.5) is 0 Å². The van der Waals surface area contributed by atoms with Crippen LogP contribution in [0.2, 0.25) is 0 Å². The van der Waals surface area contributed by atoms with Gasteiger partial charge < -0.3 is 9.47 Å². The van der Waals surface area contributed by atoms with Crippen LogP contribution < -0.4 is 0 Å². The number of hydrogen-bond acceptors (Lipinski definition) is 3. The molecule has 0 amide bonds. The molecule has 0 aromatic carbocycles. The van der Waals surface area contributed by atoms with Crippen LogP contribution in [-0.2, 0) is 9.47 Å². The molecule has 0 heterocycles. The lowest BCUT2D eigenvalue weighted by Gasteiger charge is -2.31. The number of hydrogen-bond donors (Lipinski definition) is 0.